The lowest BCUT2D eigenvalue weighted by atomic mass is 10.1. The molecule has 0 amide bonds. The molecule has 0 radical (unpaired) electrons. The zero-order valence-electron chi connectivity index (χ0n) is 7.83. The van der Waals surface area contributed by atoms with Crippen molar-refractivity contribution in [3.63, 3.8) is 0 Å². The van der Waals surface area contributed by atoms with Crippen LogP contribution in [0.25, 0.3) is 0 Å². The lowest BCUT2D eigenvalue weighted by Crippen LogP contribution is -2.28. The van der Waals surface area contributed by atoms with Crippen LogP contribution in [0.2, 0.25) is 0 Å². The van der Waals surface area contributed by atoms with Crippen molar-refractivity contribution in [3.05, 3.63) is 29.1 Å². The maximum absolute atomic E-state index is 5.29. The van der Waals surface area contributed by atoms with E-state index in [2.05, 4.69) is 16.3 Å². The molecule has 1 unspecified atom stereocenters. The van der Waals surface area contributed by atoms with Crippen LogP contribution in [0, 0.1) is 26.2 Å². The van der Waals surface area contributed by atoms with Crippen molar-refractivity contribution >= 4 is 0 Å². The van der Waals surface area contributed by atoms with E-state index in [4.69, 9.17) is 12.3 Å². The number of pyridine rings is 1. The van der Waals surface area contributed by atoms with Crippen LogP contribution in [0.15, 0.2) is 12.3 Å². The van der Waals surface area contributed by atoms with E-state index < -0.39 is 0 Å². The molecule has 1 rings (SSSR count). The summed E-state index contributed by atoms with van der Waals surface area (Å²) in [6.45, 7) is 3.96. The lowest BCUT2D eigenvalue weighted by Gasteiger charge is -2.11. The van der Waals surface area contributed by atoms with Gasteiger partial charge in [-0.05, 0) is 25.0 Å². The normalized spacial score (nSPS) is 12.2. The van der Waals surface area contributed by atoms with Gasteiger partial charge < -0.3 is 0 Å². The summed E-state index contributed by atoms with van der Waals surface area (Å²) in [5.74, 6) is 7.82. The molecule has 1 aromatic rings. The summed E-state index contributed by atoms with van der Waals surface area (Å²) in [7, 11) is 0. The van der Waals surface area contributed by atoms with Crippen LogP contribution in [-0.2, 0) is 0 Å². The second-order valence-corrected chi connectivity index (χ2v) is 2.98. The summed E-state index contributed by atoms with van der Waals surface area (Å²) in [6.07, 6.45) is 7.07. The van der Waals surface area contributed by atoms with E-state index >= 15 is 0 Å². The van der Waals surface area contributed by atoms with Gasteiger partial charge in [0.2, 0.25) is 0 Å². The van der Waals surface area contributed by atoms with Gasteiger partial charge >= 0.3 is 0 Å². The highest BCUT2D eigenvalue weighted by Crippen LogP contribution is 2.14. The number of hydrogen-bond donors (Lipinski definition) is 2. The Kier molecular flexibility index (Phi) is 3.02. The Morgan fingerprint density at radius 1 is 1.62 bits per heavy atom. The molecule has 0 aliphatic heterocycles. The number of aromatic nitrogens is 1. The Balaban J connectivity index is 3.09. The van der Waals surface area contributed by atoms with E-state index in [9.17, 15) is 0 Å². The molecule has 3 heteroatoms. The standard InChI is InChI=1S/C10H13N3/c1-4-9(13-11)10-8(3)5-7(2)6-12-10/h1,5-6,9,13H,11H2,2-3H3. The molecular weight excluding hydrogens is 162 g/mol. The highest BCUT2D eigenvalue weighted by Gasteiger charge is 2.09. The van der Waals surface area contributed by atoms with Crippen LogP contribution >= 0.6 is 0 Å². The molecule has 0 aliphatic rings. The summed E-state index contributed by atoms with van der Waals surface area (Å²) >= 11 is 0. The van der Waals surface area contributed by atoms with Crippen LogP contribution in [0.4, 0.5) is 0 Å². The van der Waals surface area contributed by atoms with Crippen LogP contribution in [-0.4, -0.2) is 4.98 Å². The number of nitrogens with one attached hydrogen (secondary N) is 1. The number of hydrazine groups is 1. The third kappa shape index (κ3) is 2.05. The number of terminal acetylenes is 1. The molecule has 0 bridgehead atoms. The molecular formula is C10H13N3. The number of hydrogen-bond acceptors (Lipinski definition) is 3. The molecule has 0 aromatic carbocycles. The van der Waals surface area contributed by atoms with Crippen LogP contribution in [0.1, 0.15) is 22.9 Å². The molecule has 0 aliphatic carbocycles. The Morgan fingerprint density at radius 3 is 2.77 bits per heavy atom. The number of aryl methyl sites for hydroxylation is 2. The Morgan fingerprint density at radius 2 is 2.31 bits per heavy atom. The summed E-state index contributed by atoms with van der Waals surface area (Å²) in [5.41, 5.74) is 5.52. The molecule has 1 heterocycles. The van der Waals surface area contributed by atoms with Crippen molar-refractivity contribution < 1.29 is 0 Å². The zero-order chi connectivity index (χ0) is 9.84. The van der Waals surface area contributed by atoms with Crippen LogP contribution in [0.5, 0.6) is 0 Å². The van der Waals surface area contributed by atoms with Crippen molar-refractivity contribution in [2.45, 2.75) is 19.9 Å². The van der Waals surface area contributed by atoms with Crippen LogP contribution in [0.3, 0.4) is 0 Å². The molecule has 3 N–H and O–H groups in total. The van der Waals surface area contributed by atoms with E-state index in [1.807, 2.05) is 19.9 Å². The van der Waals surface area contributed by atoms with E-state index in [0.717, 1.165) is 16.8 Å². The Hall–Kier alpha value is -1.37. The smallest absolute Gasteiger partial charge is 0.124 e. The van der Waals surface area contributed by atoms with Gasteiger partial charge in [-0.3, -0.25) is 10.8 Å². The molecule has 13 heavy (non-hydrogen) atoms. The van der Waals surface area contributed by atoms with Crippen molar-refractivity contribution in [1.29, 1.82) is 0 Å². The lowest BCUT2D eigenvalue weighted by molar-refractivity contribution is 0.652. The maximum atomic E-state index is 5.29. The van der Waals surface area contributed by atoms with Crippen LogP contribution < -0.4 is 11.3 Å². The third-order valence-electron chi connectivity index (χ3n) is 1.86. The minimum absolute atomic E-state index is 0.305. The van der Waals surface area contributed by atoms with Gasteiger partial charge in [0.25, 0.3) is 0 Å². The van der Waals surface area contributed by atoms with Gasteiger partial charge in [-0.15, -0.1) is 6.42 Å². The topological polar surface area (TPSA) is 50.9 Å². The summed E-state index contributed by atoms with van der Waals surface area (Å²) in [4.78, 5) is 4.23. The Labute approximate surface area is 78.3 Å². The highest BCUT2D eigenvalue weighted by molar-refractivity contribution is 5.29. The van der Waals surface area contributed by atoms with Crippen molar-refractivity contribution in [1.82, 2.24) is 10.4 Å². The van der Waals surface area contributed by atoms with Gasteiger partial charge in [-0.25, -0.2) is 5.43 Å². The molecule has 68 valence electrons. The molecule has 1 atom stereocenters. The average molecular weight is 175 g/mol. The summed E-state index contributed by atoms with van der Waals surface area (Å²) < 4.78 is 0. The molecule has 0 spiro atoms. The van der Waals surface area contributed by atoms with Gasteiger partial charge in [0.1, 0.15) is 6.04 Å². The second-order valence-electron chi connectivity index (χ2n) is 2.98. The largest absolute Gasteiger partial charge is 0.270 e. The van der Waals surface area contributed by atoms with Crippen molar-refractivity contribution in [2.75, 3.05) is 0 Å². The predicted octanol–water partition coefficient (Wildman–Crippen LogP) is 0.836. The van der Waals surface area contributed by atoms with Crippen molar-refractivity contribution in [3.8, 4) is 12.3 Å². The number of nitrogens with zero attached hydrogens (tertiary/aromatic N) is 1. The molecule has 0 fully saturated rings. The first-order valence-corrected chi connectivity index (χ1v) is 4.04. The molecule has 1 aromatic heterocycles. The summed E-state index contributed by atoms with van der Waals surface area (Å²) in [5, 5.41) is 0. The van der Waals surface area contributed by atoms with Gasteiger partial charge in [0, 0.05) is 6.20 Å². The van der Waals surface area contributed by atoms with E-state index in [-0.39, 0.29) is 6.04 Å². The molecule has 3 nitrogen and oxygen atoms in total. The fourth-order valence-corrected chi connectivity index (χ4v) is 1.23. The number of rotatable bonds is 2. The van der Waals surface area contributed by atoms with Gasteiger partial charge in [-0.1, -0.05) is 12.0 Å². The van der Waals surface area contributed by atoms with Gasteiger partial charge in [0.15, 0.2) is 0 Å². The summed E-state index contributed by atoms with van der Waals surface area (Å²) in [6, 6.07) is 1.73. The first-order valence-electron chi connectivity index (χ1n) is 4.04. The van der Waals surface area contributed by atoms with E-state index in [0.29, 0.717) is 0 Å². The number of nitrogens with two attached hydrogens (primary N) is 1. The SMILES string of the molecule is C#CC(NN)c1ncc(C)cc1C. The van der Waals surface area contributed by atoms with Gasteiger partial charge in [-0.2, -0.15) is 0 Å². The highest BCUT2D eigenvalue weighted by atomic mass is 15.2. The molecule has 0 saturated heterocycles. The average Bonchev–Trinajstić information content (AvgIpc) is 2.10. The predicted molar refractivity (Wildman–Crippen MR) is 52.6 cm³/mol. The van der Waals surface area contributed by atoms with E-state index in [1.165, 1.54) is 0 Å². The van der Waals surface area contributed by atoms with Crippen molar-refractivity contribution in [2.24, 2.45) is 5.84 Å². The monoisotopic (exact) mass is 175 g/mol. The van der Waals surface area contributed by atoms with Gasteiger partial charge in [0.05, 0.1) is 5.69 Å². The molecule has 0 saturated carbocycles. The first-order chi connectivity index (χ1) is 6.19. The maximum Gasteiger partial charge on any atom is 0.124 e. The fraction of sp³-hybridized carbons (Fsp3) is 0.300. The second kappa shape index (κ2) is 4.04. The third-order valence-corrected chi connectivity index (χ3v) is 1.86. The first kappa shape index (κ1) is 9.72. The van der Waals surface area contributed by atoms with E-state index in [1.54, 1.807) is 6.20 Å². The minimum Gasteiger partial charge on any atom is -0.270 e. The Bertz CT molecular complexity index is 339. The fourth-order valence-electron chi connectivity index (χ4n) is 1.23. The minimum atomic E-state index is -0.305. The zero-order valence-corrected chi connectivity index (χ0v) is 7.83. The quantitative estimate of drug-likeness (QED) is 0.398.